The van der Waals surface area contributed by atoms with Crippen LogP contribution in [0.1, 0.15) is 11.1 Å². The average molecular weight is 257 g/mol. The van der Waals surface area contributed by atoms with E-state index < -0.39 is 0 Å². The molecule has 3 N–H and O–H groups in total. The lowest BCUT2D eigenvalue weighted by Crippen LogP contribution is -2.28. The molecule has 1 aromatic heterocycles. The van der Waals surface area contributed by atoms with Crippen molar-refractivity contribution in [2.24, 2.45) is 5.73 Å². The first-order chi connectivity index (χ1) is 9.35. The summed E-state index contributed by atoms with van der Waals surface area (Å²) >= 11 is 0. The number of aromatic nitrogens is 1. The van der Waals surface area contributed by atoms with Gasteiger partial charge < -0.3 is 15.7 Å². The molecule has 1 aromatic carbocycles. The number of pyridine rings is 1. The fourth-order valence-corrected chi connectivity index (χ4v) is 2.06. The second-order valence-corrected chi connectivity index (χ2v) is 4.32. The summed E-state index contributed by atoms with van der Waals surface area (Å²) in [5.74, 6) is 0.850. The number of hydrogen-bond donors (Lipinski definition) is 2. The summed E-state index contributed by atoms with van der Waals surface area (Å²) < 4.78 is 0. The van der Waals surface area contributed by atoms with Crippen molar-refractivity contribution in [3.8, 4) is 0 Å². The number of hydrogen-bond acceptors (Lipinski definition) is 4. The standard InChI is InChI=1S/C15H19N3O/c16-11-14-7-4-8-17-15(14)18(9-10-19)12-13-5-2-1-3-6-13/h1-8,19H,9-12,16H2. The minimum Gasteiger partial charge on any atom is -0.395 e. The van der Waals surface area contributed by atoms with Crippen LogP contribution in [0.2, 0.25) is 0 Å². The Labute approximate surface area is 113 Å². The number of nitrogens with two attached hydrogens (primary N) is 1. The van der Waals surface area contributed by atoms with Crippen LogP contribution in [0.25, 0.3) is 0 Å². The Morgan fingerprint density at radius 1 is 1.11 bits per heavy atom. The van der Waals surface area contributed by atoms with E-state index in [-0.39, 0.29) is 6.61 Å². The maximum Gasteiger partial charge on any atom is 0.133 e. The number of aliphatic hydroxyl groups excluding tert-OH is 1. The molecule has 0 saturated heterocycles. The van der Waals surface area contributed by atoms with E-state index in [1.165, 1.54) is 5.56 Å². The molecule has 0 aliphatic heterocycles. The van der Waals surface area contributed by atoms with Gasteiger partial charge in [-0.05, 0) is 11.6 Å². The number of anilines is 1. The highest BCUT2D eigenvalue weighted by Crippen LogP contribution is 2.18. The Kier molecular flexibility index (Phi) is 4.89. The summed E-state index contributed by atoms with van der Waals surface area (Å²) in [7, 11) is 0. The molecule has 0 atom stereocenters. The number of rotatable bonds is 6. The van der Waals surface area contributed by atoms with Gasteiger partial charge in [-0.3, -0.25) is 0 Å². The van der Waals surface area contributed by atoms with Crippen LogP contribution in [0, 0.1) is 0 Å². The van der Waals surface area contributed by atoms with Gasteiger partial charge in [0.05, 0.1) is 6.61 Å². The van der Waals surface area contributed by atoms with Crippen LogP contribution in [-0.2, 0) is 13.1 Å². The molecule has 0 unspecified atom stereocenters. The lowest BCUT2D eigenvalue weighted by molar-refractivity contribution is 0.301. The molecule has 0 amide bonds. The molecule has 0 bridgehead atoms. The van der Waals surface area contributed by atoms with Gasteiger partial charge in [0.15, 0.2) is 0 Å². The van der Waals surface area contributed by atoms with Crippen LogP contribution < -0.4 is 10.6 Å². The molecule has 0 radical (unpaired) electrons. The second-order valence-electron chi connectivity index (χ2n) is 4.32. The largest absolute Gasteiger partial charge is 0.395 e. The summed E-state index contributed by atoms with van der Waals surface area (Å²) in [6.45, 7) is 1.79. The molecule has 1 heterocycles. The van der Waals surface area contributed by atoms with Crippen LogP contribution in [0.4, 0.5) is 5.82 Å². The third-order valence-electron chi connectivity index (χ3n) is 2.97. The van der Waals surface area contributed by atoms with Crippen molar-refractivity contribution >= 4 is 5.82 Å². The lowest BCUT2D eigenvalue weighted by atomic mass is 10.2. The Morgan fingerprint density at radius 2 is 1.89 bits per heavy atom. The highest BCUT2D eigenvalue weighted by molar-refractivity contribution is 5.47. The third kappa shape index (κ3) is 3.53. The highest BCUT2D eigenvalue weighted by Gasteiger charge is 2.11. The quantitative estimate of drug-likeness (QED) is 0.824. The predicted octanol–water partition coefficient (Wildman–Crippen LogP) is 1.54. The Bertz CT molecular complexity index is 502. The first-order valence-electron chi connectivity index (χ1n) is 6.39. The van der Waals surface area contributed by atoms with Gasteiger partial charge in [0, 0.05) is 31.4 Å². The zero-order valence-electron chi connectivity index (χ0n) is 10.9. The van der Waals surface area contributed by atoms with E-state index in [0.717, 1.165) is 11.4 Å². The van der Waals surface area contributed by atoms with E-state index in [1.807, 2.05) is 30.3 Å². The number of nitrogens with zero attached hydrogens (tertiary/aromatic N) is 2. The first-order valence-corrected chi connectivity index (χ1v) is 6.39. The Hall–Kier alpha value is -1.91. The molecule has 100 valence electrons. The molecule has 0 spiro atoms. The fraction of sp³-hybridized carbons (Fsp3) is 0.267. The van der Waals surface area contributed by atoms with Crippen molar-refractivity contribution in [2.75, 3.05) is 18.1 Å². The highest BCUT2D eigenvalue weighted by atomic mass is 16.3. The van der Waals surface area contributed by atoms with E-state index in [4.69, 9.17) is 5.73 Å². The van der Waals surface area contributed by atoms with Crippen LogP contribution in [0.5, 0.6) is 0 Å². The number of benzene rings is 1. The van der Waals surface area contributed by atoms with Crippen LogP contribution >= 0.6 is 0 Å². The molecule has 0 aliphatic carbocycles. The third-order valence-corrected chi connectivity index (χ3v) is 2.97. The van der Waals surface area contributed by atoms with Gasteiger partial charge >= 0.3 is 0 Å². The molecule has 2 rings (SSSR count). The molecule has 0 aliphatic rings. The molecular weight excluding hydrogens is 238 g/mol. The first kappa shape index (κ1) is 13.5. The maximum absolute atomic E-state index is 9.24. The van der Waals surface area contributed by atoms with Crippen molar-refractivity contribution < 1.29 is 5.11 Å². The normalized spacial score (nSPS) is 10.4. The van der Waals surface area contributed by atoms with Gasteiger partial charge in [0.1, 0.15) is 5.82 Å². The maximum atomic E-state index is 9.24. The summed E-state index contributed by atoms with van der Waals surface area (Å²) in [6.07, 6.45) is 1.75. The molecule has 4 heteroatoms. The van der Waals surface area contributed by atoms with E-state index in [1.54, 1.807) is 6.20 Å². The predicted molar refractivity (Wildman–Crippen MR) is 76.7 cm³/mol. The minimum absolute atomic E-state index is 0.0907. The van der Waals surface area contributed by atoms with E-state index in [0.29, 0.717) is 19.6 Å². The van der Waals surface area contributed by atoms with E-state index >= 15 is 0 Å². The SMILES string of the molecule is NCc1cccnc1N(CCO)Cc1ccccc1. The summed E-state index contributed by atoms with van der Waals surface area (Å²) in [4.78, 5) is 6.45. The van der Waals surface area contributed by atoms with E-state index in [9.17, 15) is 5.11 Å². The topological polar surface area (TPSA) is 62.4 Å². The molecule has 0 fully saturated rings. The van der Waals surface area contributed by atoms with Crippen LogP contribution in [-0.4, -0.2) is 23.2 Å². The smallest absolute Gasteiger partial charge is 0.133 e. The fourth-order valence-electron chi connectivity index (χ4n) is 2.06. The summed E-state index contributed by atoms with van der Waals surface area (Å²) in [5, 5.41) is 9.24. The van der Waals surface area contributed by atoms with Crippen molar-refractivity contribution in [3.05, 3.63) is 59.8 Å². The molecule has 19 heavy (non-hydrogen) atoms. The van der Waals surface area contributed by atoms with Crippen molar-refractivity contribution in [2.45, 2.75) is 13.1 Å². The van der Waals surface area contributed by atoms with Gasteiger partial charge in [0.25, 0.3) is 0 Å². The van der Waals surface area contributed by atoms with Gasteiger partial charge in [-0.15, -0.1) is 0 Å². The van der Waals surface area contributed by atoms with Gasteiger partial charge in [-0.2, -0.15) is 0 Å². The van der Waals surface area contributed by atoms with Gasteiger partial charge in [-0.25, -0.2) is 4.98 Å². The van der Waals surface area contributed by atoms with Crippen molar-refractivity contribution in [1.29, 1.82) is 0 Å². The number of aliphatic hydroxyl groups is 1. The Balaban J connectivity index is 2.24. The minimum atomic E-state index is 0.0907. The van der Waals surface area contributed by atoms with Crippen molar-refractivity contribution in [1.82, 2.24) is 4.98 Å². The summed E-state index contributed by atoms with van der Waals surface area (Å²) in [5.41, 5.74) is 7.93. The second kappa shape index (κ2) is 6.87. The van der Waals surface area contributed by atoms with E-state index in [2.05, 4.69) is 22.0 Å². The van der Waals surface area contributed by atoms with Crippen LogP contribution in [0.3, 0.4) is 0 Å². The average Bonchev–Trinajstić information content (AvgIpc) is 2.48. The van der Waals surface area contributed by atoms with Crippen LogP contribution in [0.15, 0.2) is 48.7 Å². The van der Waals surface area contributed by atoms with Gasteiger partial charge in [0.2, 0.25) is 0 Å². The molecule has 4 nitrogen and oxygen atoms in total. The zero-order valence-corrected chi connectivity index (χ0v) is 10.9. The molecule has 0 saturated carbocycles. The van der Waals surface area contributed by atoms with Crippen molar-refractivity contribution in [3.63, 3.8) is 0 Å². The zero-order chi connectivity index (χ0) is 13.5. The lowest BCUT2D eigenvalue weighted by Gasteiger charge is -2.25. The summed E-state index contributed by atoms with van der Waals surface area (Å²) in [6, 6.07) is 14.0. The van der Waals surface area contributed by atoms with Gasteiger partial charge in [-0.1, -0.05) is 36.4 Å². The Morgan fingerprint density at radius 3 is 2.58 bits per heavy atom. The monoisotopic (exact) mass is 257 g/mol. The molecular formula is C15H19N3O. The molecule has 2 aromatic rings.